The van der Waals surface area contributed by atoms with Crippen LogP contribution in [0.3, 0.4) is 0 Å². The van der Waals surface area contributed by atoms with Crippen LogP contribution in [0.5, 0.6) is 11.5 Å². The van der Waals surface area contributed by atoms with Crippen molar-refractivity contribution in [3.63, 3.8) is 0 Å². The van der Waals surface area contributed by atoms with Crippen LogP contribution in [0.1, 0.15) is 30.1 Å². The minimum Gasteiger partial charge on any atom is -0.450 e. The number of hydrogen-bond donors (Lipinski definition) is 1. The molecule has 1 saturated carbocycles. The number of carbonyl (C=O) groups is 2. The van der Waals surface area contributed by atoms with Gasteiger partial charge in [0.05, 0.1) is 10.5 Å². The van der Waals surface area contributed by atoms with E-state index in [-0.39, 0.29) is 34.0 Å². The van der Waals surface area contributed by atoms with E-state index >= 15 is 0 Å². The van der Waals surface area contributed by atoms with Gasteiger partial charge in [0.25, 0.3) is 5.91 Å². The first kappa shape index (κ1) is 19.6. The molecule has 1 amide bonds. The van der Waals surface area contributed by atoms with Gasteiger partial charge in [0.1, 0.15) is 5.75 Å². The largest absolute Gasteiger partial charge is 0.450 e. The van der Waals surface area contributed by atoms with Crippen molar-refractivity contribution in [1.29, 1.82) is 0 Å². The van der Waals surface area contributed by atoms with Gasteiger partial charge in [0.2, 0.25) is 5.75 Å². The minimum atomic E-state index is -0.902. The summed E-state index contributed by atoms with van der Waals surface area (Å²) in [7, 11) is 0. The third-order valence-electron chi connectivity index (χ3n) is 4.01. The van der Waals surface area contributed by atoms with Crippen molar-refractivity contribution in [3.05, 3.63) is 63.2 Å². The fraction of sp³-hybridized carbons (Fsp3) is 0.263. The monoisotopic (exact) mass is 404 g/mol. The molecule has 9 heteroatoms. The number of ether oxygens (including phenoxy) is 2. The normalized spacial score (nSPS) is 14.1. The molecule has 0 spiro atoms. The van der Waals surface area contributed by atoms with Gasteiger partial charge >= 0.3 is 11.7 Å². The zero-order chi connectivity index (χ0) is 20.3. The average molecular weight is 405 g/mol. The highest BCUT2D eigenvalue weighted by Crippen LogP contribution is 2.33. The van der Waals surface area contributed by atoms with Gasteiger partial charge in [-0.25, -0.2) is 4.79 Å². The maximum absolute atomic E-state index is 12.2. The van der Waals surface area contributed by atoms with Crippen LogP contribution in [0.4, 0.5) is 5.69 Å². The SMILES string of the molecule is CC(OC(=O)c1ccc(Oc2ccc(Cl)cc2[N+](=O)[O-])cc1)C(=O)NC1CC1. The zero-order valence-electron chi connectivity index (χ0n) is 14.9. The first-order valence-electron chi connectivity index (χ1n) is 8.56. The van der Waals surface area contributed by atoms with E-state index in [1.54, 1.807) is 0 Å². The third-order valence-corrected chi connectivity index (χ3v) is 4.25. The summed E-state index contributed by atoms with van der Waals surface area (Å²) in [6.07, 6.45) is 0.986. The van der Waals surface area contributed by atoms with E-state index in [0.29, 0.717) is 5.75 Å². The number of nitro groups is 1. The molecule has 0 bridgehead atoms. The second-order valence-electron chi connectivity index (χ2n) is 6.33. The van der Waals surface area contributed by atoms with Crippen LogP contribution < -0.4 is 10.1 Å². The van der Waals surface area contributed by atoms with E-state index in [4.69, 9.17) is 21.1 Å². The quantitative estimate of drug-likeness (QED) is 0.426. The number of nitro benzene ring substituents is 1. The molecule has 146 valence electrons. The Morgan fingerprint density at radius 3 is 2.50 bits per heavy atom. The van der Waals surface area contributed by atoms with E-state index in [2.05, 4.69) is 5.32 Å². The first-order valence-corrected chi connectivity index (χ1v) is 8.94. The van der Waals surface area contributed by atoms with Crippen molar-refractivity contribution in [2.24, 2.45) is 0 Å². The summed E-state index contributed by atoms with van der Waals surface area (Å²) in [6.45, 7) is 1.51. The molecule has 1 aliphatic carbocycles. The topological polar surface area (TPSA) is 108 Å². The molecule has 1 fully saturated rings. The summed E-state index contributed by atoms with van der Waals surface area (Å²) >= 11 is 5.77. The van der Waals surface area contributed by atoms with E-state index in [1.165, 1.54) is 49.4 Å². The van der Waals surface area contributed by atoms with Crippen LogP contribution in [0.25, 0.3) is 0 Å². The van der Waals surface area contributed by atoms with Gasteiger partial charge < -0.3 is 14.8 Å². The molecule has 3 rings (SSSR count). The second kappa shape index (κ2) is 8.26. The van der Waals surface area contributed by atoms with Gasteiger partial charge in [0.15, 0.2) is 6.10 Å². The standard InChI is InChI=1S/C19H17ClN2O6/c1-11(18(23)21-14-5-6-14)27-19(24)12-2-7-15(8-3-12)28-17-9-4-13(20)10-16(17)22(25)26/h2-4,7-11,14H,5-6H2,1H3,(H,21,23). The van der Waals surface area contributed by atoms with Crippen LogP contribution in [-0.4, -0.2) is 28.9 Å². The number of rotatable bonds is 7. The molecular weight excluding hydrogens is 388 g/mol. The molecular formula is C19H17ClN2O6. The van der Waals surface area contributed by atoms with Gasteiger partial charge in [-0.3, -0.25) is 14.9 Å². The lowest BCUT2D eigenvalue weighted by Crippen LogP contribution is -2.37. The second-order valence-corrected chi connectivity index (χ2v) is 6.76. The maximum atomic E-state index is 12.2. The maximum Gasteiger partial charge on any atom is 0.338 e. The highest BCUT2D eigenvalue weighted by atomic mass is 35.5. The van der Waals surface area contributed by atoms with E-state index in [0.717, 1.165) is 12.8 Å². The Bertz CT molecular complexity index is 911. The van der Waals surface area contributed by atoms with Crippen molar-refractivity contribution in [2.45, 2.75) is 31.9 Å². The number of hydrogen-bond acceptors (Lipinski definition) is 6. The van der Waals surface area contributed by atoms with Gasteiger partial charge in [-0.05, 0) is 56.2 Å². The Balaban J connectivity index is 1.64. The van der Waals surface area contributed by atoms with Gasteiger partial charge in [-0.15, -0.1) is 0 Å². The molecule has 1 N–H and O–H groups in total. The van der Waals surface area contributed by atoms with E-state index < -0.39 is 17.0 Å². The predicted octanol–water partition coefficient (Wildman–Crippen LogP) is 3.86. The van der Waals surface area contributed by atoms with Crippen molar-refractivity contribution in [1.82, 2.24) is 5.32 Å². The van der Waals surface area contributed by atoms with Gasteiger partial charge in [-0.2, -0.15) is 0 Å². The van der Waals surface area contributed by atoms with Crippen LogP contribution in [0, 0.1) is 10.1 Å². The predicted molar refractivity (Wildman–Crippen MR) is 101 cm³/mol. The lowest BCUT2D eigenvalue weighted by Gasteiger charge is -2.13. The van der Waals surface area contributed by atoms with Crippen molar-refractivity contribution < 1.29 is 24.0 Å². The molecule has 1 aliphatic rings. The average Bonchev–Trinajstić information content (AvgIpc) is 3.47. The molecule has 1 atom stereocenters. The Morgan fingerprint density at radius 2 is 1.89 bits per heavy atom. The van der Waals surface area contributed by atoms with Crippen molar-refractivity contribution in [2.75, 3.05) is 0 Å². The van der Waals surface area contributed by atoms with Gasteiger partial charge in [-0.1, -0.05) is 11.6 Å². The lowest BCUT2D eigenvalue weighted by atomic mass is 10.2. The summed E-state index contributed by atoms with van der Waals surface area (Å²) in [6, 6.07) is 10.1. The molecule has 28 heavy (non-hydrogen) atoms. The Kier molecular flexibility index (Phi) is 5.79. The van der Waals surface area contributed by atoms with Gasteiger partial charge in [0, 0.05) is 17.1 Å². The highest BCUT2D eigenvalue weighted by Gasteiger charge is 2.27. The Labute approximate surface area is 165 Å². The molecule has 0 heterocycles. The van der Waals surface area contributed by atoms with Crippen LogP contribution >= 0.6 is 11.6 Å². The number of carbonyl (C=O) groups excluding carboxylic acids is 2. The number of halogens is 1. The van der Waals surface area contributed by atoms with E-state index in [9.17, 15) is 19.7 Å². The van der Waals surface area contributed by atoms with Crippen molar-refractivity contribution in [3.8, 4) is 11.5 Å². The lowest BCUT2D eigenvalue weighted by molar-refractivity contribution is -0.385. The molecule has 1 unspecified atom stereocenters. The Morgan fingerprint density at radius 1 is 1.21 bits per heavy atom. The molecule has 2 aromatic carbocycles. The fourth-order valence-electron chi connectivity index (χ4n) is 2.33. The summed E-state index contributed by atoms with van der Waals surface area (Å²) in [5.74, 6) is -0.662. The van der Waals surface area contributed by atoms with Crippen LogP contribution in [0.15, 0.2) is 42.5 Å². The molecule has 0 saturated heterocycles. The minimum absolute atomic E-state index is 0.0232. The molecule has 8 nitrogen and oxygen atoms in total. The summed E-state index contributed by atoms with van der Waals surface area (Å²) in [5, 5.41) is 14.1. The number of nitrogens with zero attached hydrogens (tertiary/aromatic N) is 1. The Hall–Kier alpha value is -3.13. The molecule has 0 aromatic heterocycles. The van der Waals surface area contributed by atoms with Crippen molar-refractivity contribution >= 4 is 29.2 Å². The summed E-state index contributed by atoms with van der Waals surface area (Å²) < 4.78 is 10.7. The van der Waals surface area contributed by atoms with E-state index in [1.807, 2.05) is 0 Å². The number of esters is 1. The fourth-order valence-corrected chi connectivity index (χ4v) is 2.50. The van der Waals surface area contributed by atoms with Crippen LogP contribution in [-0.2, 0) is 9.53 Å². The molecule has 2 aromatic rings. The zero-order valence-corrected chi connectivity index (χ0v) is 15.6. The number of amides is 1. The smallest absolute Gasteiger partial charge is 0.338 e. The number of nitrogens with one attached hydrogen (secondary N) is 1. The number of benzene rings is 2. The summed E-state index contributed by atoms with van der Waals surface area (Å²) in [5.41, 5.74) is -0.0458. The third kappa shape index (κ3) is 4.98. The molecule has 0 radical (unpaired) electrons. The first-order chi connectivity index (χ1) is 13.3. The summed E-state index contributed by atoms with van der Waals surface area (Å²) in [4.78, 5) is 34.5. The highest BCUT2D eigenvalue weighted by molar-refractivity contribution is 6.30. The van der Waals surface area contributed by atoms with Crippen LogP contribution in [0.2, 0.25) is 5.02 Å². The molecule has 0 aliphatic heterocycles.